The molecule has 0 aliphatic heterocycles. The Morgan fingerprint density at radius 1 is 1.50 bits per heavy atom. The number of methoxy groups -OCH3 is 1. The number of benzene rings is 1. The molecule has 0 radical (unpaired) electrons. The highest BCUT2D eigenvalue weighted by Crippen LogP contribution is 2.33. The van der Waals surface area contributed by atoms with Crippen LogP contribution in [-0.4, -0.2) is 18.0 Å². The van der Waals surface area contributed by atoms with E-state index in [4.69, 9.17) is 22.1 Å². The van der Waals surface area contributed by atoms with Gasteiger partial charge in [0.15, 0.2) is 5.01 Å². The van der Waals surface area contributed by atoms with Crippen molar-refractivity contribution in [3.8, 4) is 0 Å². The lowest BCUT2D eigenvalue weighted by Crippen LogP contribution is -2.09. The fraction of sp³-hybridized carbons (Fsp3) is 0.167. The molecule has 1 aromatic heterocycles. The molecule has 1 atom stereocenters. The second kappa shape index (κ2) is 5.48. The van der Waals surface area contributed by atoms with E-state index in [2.05, 4.69) is 4.98 Å². The summed E-state index contributed by atoms with van der Waals surface area (Å²) in [5.41, 5.74) is 6.01. The van der Waals surface area contributed by atoms with Gasteiger partial charge in [-0.3, -0.25) is 4.79 Å². The van der Waals surface area contributed by atoms with E-state index in [0.717, 1.165) is 10.4 Å². The molecule has 1 heterocycles. The van der Waals surface area contributed by atoms with Crippen LogP contribution in [0.4, 0.5) is 0 Å². The van der Waals surface area contributed by atoms with Crippen molar-refractivity contribution in [3.05, 3.63) is 50.9 Å². The van der Waals surface area contributed by atoms with E-state index in [0.29, 0.717) is 5.02 Å². The van der Waals surface area contributed by atoms with Gasteiger partial charge in [-0.1, -0.05) is 29.8 Å². The number of primary amides is 1. The van der Waals surface area contributed by atoms with Crippen LogP contribution >= 0.6 is 22.9 Å². The Bertz CT molecular complexity index is 571. The molecule has 0 aliphatic carbocycles. The molecule has 2 aromatic rings. The number of carbonyl (C=O) groups excluding carboxylic acids is 1. The number of hydrogen-bond acceptors (Lipinski definition) is 4. The zero-order valence-electron chi connectivity index (χ0n) is 9.59. The van der Waals surface area contributed by atoms with Crippen molar-refractivity contribution in [3.63, 3.8) is 0 Å². The lowest BCUT2D eigenvalue weighted by atomic mass is 10.1. The highest BCUT2D eigenvalue weighted by Gasteiger charge is 2.20. The summed E-state index contributed by atoms with van der Waals surface area (Å²) in [5.74, 6) is -0.541. The molecule has 0 fully saturated rings. The van der Waals surface area contributed by atoms with E-state index >= 15 is 0 Å². The lowest BCUT2D eigenvalue weighted by Gasteiger charge is -2.14. The molecule has 94 valence electrons. The maximum atomic E-state index is 11.0. The van der Waals surface area contributed by atoms with Crippen molar-refractivity contribution in [1.29, 1.82) is 0 Å². The average Bonchev–Trinajstić information content (AvgIpc) is 2.82. The van der Waals surface area contributed by atoms with Crippen molar-refractivity contribution in [1.82, 2.24) is 4.98 Å². The third-order valence-corrected chi connectivity index (χ3v) is 3.82. The van der Waals surface area contributed by atoms with Crippen molar-refractivity contribution < 1.29 is 9.53 Å². The number of aromatic nitrogens is 1. The summed E-state index contributed by atoms with van der Waals surface area (Å²) in [6.45, 7) is 0. The fourth-order valence-electron chi connectivity index (χ4n) is 1.61. The van der Waals surface area contributed by atoms with Gasteiger partial charge in [-0.15, -0.1) is 11.3 Å². The van der Waals surface area contributed by atoms with Gasteiger partial charge in [-0.05, 0) is 6.07 Å². The molecule has 0 spiro atoms. The quantitative estimate of drug-likeness (QED) is 0.937. The van der Waals surface area contributed by atoms with Gasteiger partial charge >= 0.3 is 0 Å². The number of nitrogens with zero attached hydrogens (tertiary/aromatic N) is 1. The molecule has 0 aliphatic rings. The average molecular weight is 283 g/mol. The first kappa shape index (κ1) is 13.0. The highest BCUT2D eigenvalue weighted by molar-refractivity contribution is 7.13. The monoisotopic (exact) mass is 282 g/mol. The summed E-state index contributed by atoms with van der Waals surface area (Å²) in [6.07, 6.45) is 1.24. The minimum atomic E-state index is -0.541. The number of carbonyl (C=O) groups is 1. The van der Waals surface area contributed by atoms with Crippen LogP contribution in [-0.2, 0) is 4.74 Å². The van der Waals surface area contributed by atoms with Gasteiger partial charge in [0.2, 0.25) is 0 Å². The Morgan fingerprint density at radius 3 is 2.78 bits per heavy atom. The second-order valence-electron chi connectivity index (χ2n) is 3.57. The van der Waals surface area contributed by atoms with Crippen molar-refractivity contribution in [2.45, 2.75) is 6.10 Å². The maximum absolute atomic E-state index is 11.0. The van der Waals surface area contributed by atoms with Gasteiger partial charge < -0.3 is 10.5 Å². The number of rotatable bonds is 4. The molecule has 2 N–H and O–H groups in total. The summed E-state index contributed by atoms with van der Waals surface area (Å²) in [6, 6.07) is 7.39. The van der Waals surface area contributed by atoms with Crippen molar-refractivity contribution in [2.75, 3.05) is 7.11 Å². The third kappa shape index (κ3) is 2.53. The number of nitrogens with two attached hydrogens (primary N) is 1. The number of hydrogen-bond donors (Lipinski definition) is 1. The van der Waals surface area contributed by atoms with Gasteiger partial charge in [-0.2, -0.15) is 0 Å². The Labute approximate surface area is 113 Å². The predicted octanol–water partition coefficient (Wildman–Crippen LogP) is 2.63. The maximum Gasteiger partial charge on any atom is 0.277 e. The number of thiazole rings is 1. The van der Waals surface area contributed by atoms with E-state index in [-0.39, 0.29) is 11.1 Å². The summed E-state index contributed by atoms with van der Waals surface area (Å²) in [7, 11) is 1.58. The van der Waals surface area contributed by atoms with Crippen LogP contribution in [0, 0.1) is 0 Å². The Balaban J connectivity index is 2.39. The summed E-state index contributed by atoms with van der Waals surface area (Å²) in [5, 5.41) is 0.873. The third-order valence-electron chi connectivity index (χ3n) is 2.42. The first-order chi connectivity index (χ1) is 8.63. The van der Waals surface area contributed by atoms with Gasteiger partial charge in [0.1, 0.15) is 6.10 Å². The summed E-state index contributed by atoms with van der Waals surface area (Å²) < 4.78 is 5.43. The van der Waals surface area contributed by atoms with E-state index in [1.54, 1.807) is 19.4 Å². The smallest absolute Gasteiger partial charge is 0.277 e. The standard InChI is InChI=1S/C12H11ClN2O2S/c1-17-10(7-4-2-3-5-8(7)13)9-6-15-12(18-9)11(14)16/h2-6,10H,1H3,(H2,14,16). The molecule has 2 rings (SSSR count). The summed E-state index contributed by atoms with van der Waals surface area (Å²) >= 11 is 7.34. The minimum absolute atomic E-state index is 0.263. The van der Waals surface area contributed by atoms with E-state index in [1.807, 2.05) is 18.2 Å². The van der Waals surface area contributed by atoms with Crippen LogP contribution < -0.4 is 5.73 Å². The lowest BCUT2D eigenvalue weighted by molar-refractivity contribution is 0.1000. The molecule has 0 saturated carbocycles. The van der Waals surface area contributed by atoms with Crippen molar-refractivity contribution in [2.24, 2.45) is 5.73 Å². The van der Waals surface area contributed by atoms with Crippen molar-refractivity contribution >= 4 is 28.8 Å². The zero-order valence-corrected chi connectivity index (χ0v) is 11.2. The molecule has 1 aromatic carbocycles. The minimum Gasteiger partial charge on any atom is -0.371 e. The van der Waals surface area contributed by atoms with Crippen LogP contribution in [0.3, 0.4) is 0 Å². The molecule has 4 nitrogen and oxygen atoms in total. The molecular formula is C12H11ClN2O2S. The fourth-order valence-corrected chi connectivity index (χ4v) is 2.71. The molecule has 1 unspecified atom stereocenters. The zero-order chi connectivity index (χ0) is 13.1. The Hall–Kier alpha value is -1.43. The molecule has 1 amide bonds. The van der Waals surface area contributed by atoms with E-state index in [1.165, 1.54) is 11.3 Å². The molecule has 0 saturated heterocycles. The van der Waals surface area contributed by atoms with Crippen LogP contribution in [0.1, 0.15) is 26.3 Å². The largest absolute Gasteiger partial charge is 0.371 e. The number of ether oxygens (including phenoxy) is 1. The van der Waals surface area contributed by atoms with Crippen LogP contribution in [0.25, 0.3) is 0 Å². The SMILES string of the molecule is COC(c1cnc(C(N)=O)s1)c1ccccc1Cl. The van der Waals surface area contributed by atoms with E-state index < -0.39 is 5.91 Å². The van der Waals surface area contributed by atoms with Crippen LogP contribution in [0.15, 0.2) is 30.5 Å². The Kier molecular flexibility index (Phi) is 3.96. The number of amides is 1. The number of halogens is 1. The summed E-state index contributed by atoms with van der Waals surface area (Å²) in [4.78, 5) is 15.8. The van der Waals surface area contributed by atoms with Gasteiger partial charge in [-0.25, -0.2) is 4.98 Å². The van der Waals surface area contributed by atoms with Crippen LogP contribution in [0.5, 0.6) is 0 Å². The normalized spacial score (nSPS) is 12.3. The first-order valence-electron chi connectivity index (χ1n) is 5.16. The Morgan fingerprint density at radius 2 is 2.22 bits per heavy atom. The first-order valence-corrected chi connectivity index (χ1v) is 6.35. The second-order valence-corrected chi connectivity index (χ2v) is 5.04. The topological polar surface area (TPSA) is 65.2 Å². The molecule has 0 bridgehead atoms. The molecular weight excluding hydrogens is 272 g/mol. The van der Waals surface area contributed by atoms with Gasteiger partial charge in [0.25, 0.3) is 5.91 Å². The van der Waals surface area contributed by atoms with E-state index in [9.17, 15) is 4.79 Å². The van der Waals surface area contributed by atoms with Crippen LogP contribution in [0.2, 0.25) is 5.02 Å². The molecule has 18 heavy (non-hydrogen) atoms. The van der Waals surface area contributed by atoms with Gasteiger partial charge in [0.05, 0.1) is 4.88 Å². The predicted molar refractivity (Wildman–Crippen MR) is 70.9 cm³/mol. The molecule has 6 heteroatoms. The highest BCUT2D eigenvalue weighted by atomic mass is 35.5. The van der Waals surface area contributed by atoms with Gasteiger partial charge in [0, 0.05) is 23.9 Å².